The number of benzene rings is 3. The molecule has 0 N–H and O–H groups in total. The van der Waals surface area contributed by atoms with E-state index in [2.05, 4.69) is 0 Å². The Hall–Kier alpha value is -4.26. The van der Waals surface area contributed by atoms with Gasteiger partial charge >= 0.3 is 11.9 Å². The SMILES string of the molecule is CCOC(=O)c1c(/C=C/c2ccc(Cl)cc2)oc2cc3c(C(=O)OCC)c(/C=C/c4ccc(Cl)cc4)oc3cc12. The minimum atomic E-state index is -0.531. The lowest BCUT2D eigenvalue weighted by molar-refractivity contribution is 0.0517. The maximum Gasteiger partial charge on any atom is 0.342 e. The predicted molar refractivity (Wildman–Crippen MR) is 159 cm³/mol. The summed E-state index contributed by atoms with van der Waals surface area (Å²) in [4.78, 5) is 26.0. The van der Waals surface area contributed by atoms with Gasteiger partial charge in [-0.2, -0.15) is 0 Å². The molecule has 0 aliphatic heterocycles. The minimum Gasteiger partial charge on any atom is -0.462 e. The molecule has 8 heteroatoms. The van der Waals surface area contributed by atoms with Crippen LogP contribution in [-0.2, 0) is 9.47 Å². The van der Waals surface area contributed by atoms with E-state index in [1.807, 2.05) is 36.4 Å². The van der Waals surface area contributed by atoms with E-state index in [0.29, 0.717) is 43.5 Å². The molecule has 0 saturated carbocycles. The van der Waals surface area contributed by atoms with Crippen LogP contribution < -0.4 is 0 Å². The van der Waals surface area contributed by atoms with Gasteiger partial charge in [-0.15, -0.1) is 0 Å². The fraction of sp³-hybridized carbons (Fsp3) is 0.125. The number of halogens is 2. The van der Waals surface area contributed by atoms with Crippen LogP contribution in [0, 0.1) is 0 Å². The molecule has 40 heavy (non-hydrogen) atoms. The second-order valence-corrected chi connectivity index (χ2v) is 9.61. The van der Waals surface area contributed by atoms with Crippen molar-refractivity contribution in [3.63, 3.8) is 0 Å². The monoisotopic (exact) mass is 574 g/mol. The molecule has 0 spiro atoms. The van der Waals surface area contributed by atoms with Crippen LogP contribution in [0.15, 0.2) is 69.5 Å². The number of carbonyl (C=O) groups is 2. The summed E-state index contributed by atoms with van der Waals surface area (Å²) >= 11 is 12.0. The van der Waals surface area contributed by atoms with Gasteiger partial charge in [-0.05, 0) is 73.5 Å². The fourth-order valence-corrected chi connectivity index (χ4v) is 4.53. The lowest BCUT2D eigenvalue weighted by Gasteiger charge is -2.01. The molecule has 202 valence electrons. The van der Waals surface area contributed by atoms with E-state index in [1.165, 1.54) is 0 Å². The van der Waals surface area contributed by atoms with Crippen molar-refractivity contribution in [3.05, 3.63) is 104 Å². The van der Waals surface area contributed by atoms with Crippen molar-refractivity contribution < 1.29 is 27.9 Å². The normalized spacial score (nSPS) is 11.7. The maximum atomic E-state index is 13.0. The number of carbonyl (C=O) groups excluding carboxylic acids is 2. The first-order chi connectivity index (χ1) is 19.4. The highest BCUT2D eigenvalue weighted by Crippen LogP contribution is 2.36. The van der Waals surface area contributed by atoms with Crippen LogP contribution in [0.3, 0.4) is 0 Å². The molecular formula is C32H24Cl2O6. The Morgan fingerprint density at radius 3 is 1.38 bits per heavy atom. The van der Waals surface area contributed by atoms with Crippen molar-refractivity contribution >= 4 is 81.4 Å². The van der Waals surface area contributed by atoms with Crippen molar-refractivity contribution in [2.45, 2.75) is 13.8 Å². The van der Waals surface area contributed by atoms with Crippen molar-refractivity contribution in [3.8, 4) is 0 Å². The van der Waals surface area contributed by atoms with E-state index >= 15 is 0 Å². The van der Waals surface area contributed by atoms with Crippen LogP contribution in [0.1, 0.15) is 57.2 Å². The third-order valence-electron chi connectivity index (χ3n) is 6.11. The van der Waals surface area contributed by atoms with Gasteiger partial charge < -0.3 is 18.3 Å². The van der Waals surface area contributed by atoms with E-state index in [-0.39, 0.29) is 24.3 Å². The summed E-state index contributed by atoms with van der Waals surface area (Å²) in [6.45, 7) is 3.86. The zero-order chi connectivity index (χ0) is 28.2. The summed E-state index contributed by atoms with van der Waals surface area (Å²) in [5.41, 5.74) is 3.05. The molecule has 0 radical (unpaired) electrons. The standard InChI is InChI=1S/C32H24Cl2O6/c1-3-37-31(35)29-23-17-28-24(18-27(23)39-25(29)15-9-19-5-11-21(33)12-6-19)30(32(36)38-4-2)26(40-28)16-10-20-7-13-22(34)14-8-20/h5-18H,3-4H2,1-2H3/b15-9+,16-10+. The number of fused-ring (bicyclic) bond motifs is 2. The molecule has 5 aromatic rings. The quantitative estimate of drug-likeness (QED) is 0.172. The zero-order valence-corrected chi connectivity index (χ0v) is 23.2. The van der Waals surface area contributed by atoms with Crippen LogP contribution >= 0.6 is 23.2 Å². The van der Waals surface area contributed by atoms with Crippen LogP contribution in [-0.4, -0.2) is 25.2 Å². The van der Waals surface area contributed by atoms with Crippen molar-refractivity contribution in [2.24, 2.45) is 0 Å². The van der Waals surface area contributed by atoms with Gasteiger partial charge in [0.2, 0.25) is 0 Å². The second-order valence-electron chi connectivity index (χ2n) is 8.74. The summed E-state index contributed by atoms with van der Waals surface area (Å²) in [6.07, 6.45) is 7.02. The second kappa shape index (κ2) is 11.9. The third kappa shape index (κ3) is 5.69. The maximum absolute atomic E-state index is 13.0. The molecule has 0 atom stereocenters. The molecule has 0 amide bonds. The average molecular weight is 575 g/mol. The number of hydrogen-bond acceptors (Lipinski definition) is 6. The lowest BCUT2D eigenvalue weighted by Crippen LogP contribution is -2.05. The molecule has 0 fully saturated rings. The van der Waals surface area contributed by atoms with Crippen LogP contribution in [0.4, 0.5) is 0 Å². The molecule has 6 nitrogen and oxygen atoms in total. The summed E-state index contributed by atoms with van der Waals surface area (Å²) in [7, 11) is 0. The first-order valence-electron chi connectivity index (χ1n) is 12.6. The minimum absolute atomic E-state index is 0.196. The highest BCUT2D eigenvalue weighted by Gasteiger charge is 2.26. The van der Waals surface area contributed by atoms with Gasteiger partial charge in [-0.3, -0.25) is 0 Å². The first kappa shape index (κ1) is 27.3. The van der Waals surface area contributed by atoms with Crippen molar-refractivity contribution in [1.82, 2.24) is 0 Å². The van der Waals surface area contributed by atoms with Crippen molar-refractivity contribution in [2.75, 3.05) is 13.2 Å². The smallest absolute Gasteiger partial charge is 0.342 e. The largest absolute Gasteiger partial charge is 0.462 e. The molecule has 0 saturated heterocycles. The summed E-state index contributed by atoms with van der Waals surface area (Å²) in [5, 5.41) is 2.24. The Balaban J connectivity index is 1.65. The molecule has 0 aliphatic rings. The van der Waals surface area contributed by atoms with E-state index < -0.39 is 11.9 Å². The van der Waals surface area contributed by atoms with E-state index in [9.17, 15) is 9.59 Å². The molecule has 5 rings (SSSR count). The van der Waals surface area contributed by atoms with E-state index in [1.54, 1.807) is 62.4 Å². The Morgan fingerprint density at radius 2 is 1.02 bits per heavy atom. The topological polar surface area (TPSA) is 78.9 Å². The lowest BCUT2D eigenvalue weighted by atomic mass is 10.1. The molecule has 0 bridgehead atoms. The summed E-state index contributed by atoms with van der Waals surface area (Å²) in [5.74, 6) is -0.430. The third-order valence-corrected chi connectivity index (χ3v) is 6.61. The Bertz CT molecular complexity index is 1620. The highest BCUT2D eigenvalue weighted by molar-refractivity contribution is 6.30. The van der Waals surface area contributed by atoms with E-state index in [4.69, 9.17) is 41.5 Å². The summed E-state index contributed by atoms with van der Waals surface area (Å²) in [6, 6.07) is 17.9. The average Bonchev–Trinajstić information content (AvgIpc) is 3.48. The predicted octanol–water partition coefficient (Wildman–Crippen LogP) is 9.18. The molecule has 3 aromatic carbocycles. The number of furan rings is 2. The first-order valence-corrected chi connectivity index (χ1v) is 13.4. The number of hydrogen-bond donors (Lipinski definition) is 0. The van der Waals surface area contributed by atoms with Gasteiger partial charge in [-0.25, -0.2) is 9.59 Å². The van der Waals surface area contributed by atoms with Gasteiger partial charge in [0.05, 0.1) is 13.2 Å². The van der Waals surface area contributed by atoms with Crippen LogP contribution in [0.5, 0.6) is 0 Å². The molecule has 0 aliphatic carbocycles. The van der Waals surface area contributed by atoms with Crippen LogP contribution in [0.2, 0.25) is 10.0 Å². The van der Waals surface area contributed by atoms with Gasteiger partial charge in [0.25, 0.3) is 0 Å². The van der Waals surface area contributed by atoms with Gasteiger partial charge in [0.1, 0.15) is 33.8 Å². The Kier molecular flexibility index (Phi) is 8.10. The number of ether oxygens (including phenoxy) is 2. The zero-order valence-electron chi connectivity index (χ0n) is 21.7. The number of esters is 2. The molecule has 2 aromatic heterocycles. The molecule has 0 unspecified atom stereocenters. The molecular weight excluding hydrogens is 551 g/mol. The van der Waals surface area contributed by atoms with Crippen LogP contribution in [0.25, 0.3) is 46.2 Å². The molecule has 2 heterocycles. The summed E-state index contributed by atoms with van der Waals surface area (Å²) < 4.78 is 22.9. The Morgan fingerprint density at radius 1 is 0.650 bits per heavy atom. The van der Waals surface area contributed by atoms with E-state index in [0.717, 1.165) is 11.1 Å². The fourth-order valence-electron chi connectivity index (χ4n) is 4.28. The van der Waals surface area contributed by atoms with Crippen molar-refractivity contribution in [1.29, 1.82) is 0 Å². The Labute approximate surface area is 240 Å². The van der Waals surface area contributed by atoms with Gasteiger partial charge in [0.15, 0.2) is 0 Å². The van der Waals surface area contributed by atoms with Gasteiger partial charge in [0, 0.05) is 20.8 Å². The number of rotatable bonds is 8. The van der Waals surface area contributed by atoms with Gasteiger partial charge in [-0.1, -0.05) is 59.6 Å². The highest BCUT2D eigenvalue weighted by atomic mass is 35.5.